The monoisotopic (exact) mass is 182 g/mol. The van der Waals surface area contributed by atoms with Gasteiger partial charge in [0.05, 0.1) is 6.61 Å². The van der Waals surface area contributed by atoms with Gasteiger partial charge in [-0.25, -0.2) is 4.39 Å². The lowest BCUT2D eigenvalue weighted by Gasteiger charge is -2.04. The van der Waals surface area contributed by atoms with Crippen LogP contribution in [0.5, 0.6) is 0 Å². The van der Waals surface area contributed by atoms with Crippen LogP contribution in [-0.2, 0) is 11.3 Å². The first-order chi connectivity index (χ1) is 6.24. The molecule has 0 N–H and O–H groups in total. The second kappa shape index (κ2) is 4.97. The molecule has 0 aliphatic rings. The SMILES string of the molecule is CCCOCc1ccc(C)cc1F. The molecule has 0 saturated carbocycles. The number of aryl methyl sites for hydroxylation is 1. The van der Waals surface area contributed by atoms with E-state index in [0.29, 0.717) is 18.8 Å². The molecule has 1 rings (SSSR count). The summed E-state index contributed by atoms with van der Waals surface area (Å²) in [5.74, 6) is -0.170. The van der Waals surface area contributed by atoms with Crippen LogP contribution in [0, 0.1) is 12.7 Å². The molecule has 0 aliphatic carbocycles. The Bertz CT molecular complexity index is 271. The first kappa shape index (κ1) is 10.2. The van der Waals surface area contributed by atoms with Crippen molar-refractivity contribution in [1.82, 2.24) is 0 Å². The van der Waals surface area contributed by atoms with Gasteiger partial charge in [-0.1, -0.05) is 19.1 Å². The zero-order valence-corrected chi connectivity index (χ0v) is 8.14. The summed E-state index contributed by atoms with van der Waals surface area (Å²) in [5.41, 5.74) is 1.58. The van der Waals surface area contributed by atoms with Crippen LogP contribution in [0.4, 0.5) is 4.39 Å². The highest BCUT2D eigenvalue weighted by molar-refractivity contribution is 5.22. The molecule has 72 valence electrons. The quantitative estimate of drug-likeness (QED) is 0.650. The second-order valence-corrected chi connectivity index (χ2v) is 3.15. The third kappa shape index (κ3) is 3.15. The number of benzene rings is 1. The van der Waals surface area contributed by atoms with Crippen LogP contribution in [0.3, 0.4) is 0 Å². The minimum absolute atomic E-state index is 0.170. The molecule has 0 saturated heterocycles. The maximum atomic E-state index is 13.2. The lowest BCUT2D eigenvalue weighted by atomic mass is 10.1. The van der Waals surface area contributed by atoms with E-state index in [2.05, 4.69) is 0 Å². The van der Waals surface area contributed by atoms with Crippen LogP contribution in [0.25, 0.3) is 0 Å². The predicted molar refractivity (Wildman–Crippen MR) is 51.1 cm³/mol. The number of halogens is 1. The van der Waals surface area contributed by atoms with Crippen molar-refractivity contribution in [2.75, 3.05) is 6.61 Å². The molecule has 0 bridgehead atoms. The summed E-state index contributed by atoms with van der Waals surface area (Å²) < 4.78 is 18.4. The summed E-state index contributed by atoms with van der Waals surface area (Å²) in [6, 6.07) is 5.21. The largest absolute Gasteiger partial charge is 0.377 e. The van der Waals surface area contributed by atoms with E-state index in [4.69, 9.17) is 4.74 Å². The number of hydrogen-bond donors (Lipinski definition) is 0. The van der Waals surface area contributed by atoms with Crippen LogP contribution in [0.15, 0.2) is 18.2 Å². The van der Waals surface area contributed by atoms with E-state index < -0.39 is 0 Å². The van der Waals surface area contributed by atoms with E-state index in [0.717, 1.165) is 12.0 Å². The van der Waals surface area contributed by atoms with Crippen molar-refractivity contribution in [3.63, 3.8) is 0 Å². The van der Waals surface area contributed by atoms with E-state index in [9.17, 15) is 4.39 Å². The molecule has 0 amide bonds. The summed E-state index contributed by atoms with van der Waals surface area (Å²) in [6.45, 7) is 4.97. The zero-order chi connectivity index (χ0) is 9.68. The van der Waals surface area contributed by atoms with Crippen molar-refractivity contribution >= 4 is 0 Å². The molecular formula is C11H15FO. The smallest absolute Gasteiger partial charge is 0.128 e. The van der Waals surface area contributed by atoms with Gasteiger partial charge < -0.3 is 4.74 Å². The van der Waals surface area contributed by atoms with Crippen molar-refractivity contribution in [3.8, 4) is 0 Å². The molecule has 13 heavy (non-hydrogen) atoms. The van der Waals surface area contributed by atoms with Crippen molar-refractivity contribution in [2.45, 2.75) is 26.9 Å². The summed E-state index contributed by atoms with van der Waals surface area (Å²) in [4.78, 5) is 0. The lowest BCUT2D eigenvalue weighted by Crippen LogP contribution is -1.97. The Labute approximate surface area is 78.5 Å². The van der Waals surface area contributed by atoms with E-state index in [1.165, 1.54) is 6.07 Å². The highest BCUT2D eigenvalue weighted by Gasteiger charge is 2.01. The molecule has 1 aromatic carbocycles. The van der Waals surface area contributed by atoms with Gasteiger partial charge in [-0.3, -0.25) is 0 Å². The first-order valence-corrected chi connectivity index (χ1v) is 4.57. The fourth-order valence-corrected chi connectivity index (χ4v) is 1.10. The van der Waals surface area contributed by atoms with Gasteiger partial charge in [0.15, 0.2) is 0 Å². The topological polar surface area (TPSA) is 9.23 Å². The first-order valence-electron chi connectivity index (χ1n) is 4.57. The van der Waals surface area contributed by atoms with Gasteiger partial charge in [-0.15, -0.1) is 0 Å². The van der Waals surface area contributed by atoms with Gasteiger partial charge in [0.1, 0.15) is 5.82 Å². The molecule has 0 radical (unpaired) electrons. The molecule has 1 nitrogen and oxygen atoms in total. The summed E-state index contributed by atoms with van der Waals surface area (Å²) in [5, 5.41) is 0. The Morgan fingerprint density at radius 1 is 1.38 bits per heavy atom. The highest BCUT2D eigenvalue weighted by atomic mass is 19.1. The third-order valence-corrected chi connectivity index (χ3v) is 1.81. The Hall–Kier alpha value is -0.890. The van der Waals surface area contributed by atoms with Crippen molar-refractivity contribution < 1.29 is 9.13 Å². The summed E-state index contributed by atoms with van der Waals surface area (Å²) >= 11 is 0. The van der Waals surface area contributed by atoms with E-state index in [1.54, 1.807) is 6.07 Å². The zero-order valence-electron chi connectivity index (χ0n) is 8.14. The van der Waals surface area contributed by atoms with Crippen molar-refractivity contribution in [2.24, 2.45) is 0 Å². The van der Waals surface area contributed by atoms with Crippen LogP contribution < -0.4 is 0 Å². The maximum absolute atomic E-state index is 13.2. The van der Waals surface area contributed by atoms with E-state index in [-0.39, 0.29) is 5.82 Å². The minimum Gasteiger partial charge on any atom is -0.377 e. The molecule has 0 aromatic heterocycles. The van der Waals surface area contributed by atoms with Crippen molar-refractivity contribution in [1.29, 1.82) is 0 Å². The molecule has 0 unspecified atom stereocenters. The number of hydrogen-bond acceptors (Lipinski definition) is 1. The van der Waals surface area contributed by atoms with E-state index >= 15 is 0 Å². The van der Waals surface area contributed by atoms with Gasteiger partial charge in [-0.05, 0) is 25.0 Å². The molecular weight excluding hydrogens is 167 g/mol. The Morgan fingerprint density at radius 2 is 2.15 bits per heavy atom. The normalized spacial score (nSPS) is 10.4. The fraction of sp³-hybridized carbons (Fsp3) is 0.455. The van der Waals surface area contributed by atoms with Gasteiger partial charge in [0, 0.05) is 12.2 Å². The highest BCUT2D eigenvalue weighted by Crippen LogP contribution is 2.10. The Morgan fingerprint density at radius 3 is 2.77 bits per heavy atom. The fourth-order valence-electron chi connectivity index (χ4n) is 1.10. The molecule has 2 heteroatoms. The summed E-state index contributed by atoms with van der Waals surface area (Å²) in [7, 11) is 0. The standard InChI is InChI=1S/C11H15FO/c1-3-6-13-8-10-5-4-9(2)7-11(10)12/h4-5,7H,3,6,8H2,1-2H3. The average Bonchev–Trinajstić information content (AvgIpc) is 2.09. The van der Waals surface area contributed by atoms with Gasteiger partial charge in [-0.2, -0.15) is 0 Å². The molecule has 0 aliphatic heterocycles. The summed E-state index contributed by atoms with van der Waals surface area (Å²) in [6.07, 6.45) is 0.966. The molecule has 0 atom stereocenters. The molecule has 0 heterocycles. The Kier molecular flexibility index (Phi) is 3.90. The molecule has 1 aromatic rings. The van der Waals surface area contributed by atoms with Crippen molar-refractivity contribution in [3.05, 3.63) is 35.1 Å². The number of ether oxygens (including phenoxy) is 1. The predicted octanol–water partition coefficient (Wildman–Crippen LogP) is 3.06. The number of rotatable bonds is 4. The van der Waals surface area contributed by atoms with Gasteiger partial charge in [0.2, 0.25) is 0 Å². The lowest BCUT2D eigenvalue weighted by molar-refractivity contribution is 0.119. The van der Waals surface area contributed by atoms with E-state index in [1.807, 2.05) is 19.9 Å². The van der Waals surface area contributed by atoms with Crippen LogP contribution >= 0.6 is 0 Å². The van der Waals surface area contributed by atoms with Gasteiger partial charge in [0.25, 0.3) is 0 Å². The Balaban J connectivity index is 2.56. The maximum Gasteiger partial charge on any atom is 0.128 e. The third-order valence-electron chi connectivity index (χ3n) is 1.81. The van der Waals surface area contributed by atoms with Crippen LogP contribution in [-0.4, -0.2) is 6.61 Å². The average molecular weight is 182 g/mol. The van der Waals surface area contributed by atoms with Gasteiger partial charge >= 0.3 is 0 Å². The molecule has 0 fully saturated rings. The second-order valence-electron chi connectivity index (χ2n) is 3.15. The minimum atomic E-state index is -0.170. The van der Waals surface area contributed by atoms with Crippen LogP contribution in [0.1, 0.15) is 24.5 Å². The molecule has 0 spiro atoms. The van der Waals surface area contributed by atoms with Crippen LogP contribution in [0.2, 0.25) is 0 Å².